The molecular formula is C11H12ClFO. The van der Waals surface area contributed by atoms with E-state index in [1.165, 1.54) is 12.1 Å². The minimum absolute atomic E-state index is 0.0312. The molecule has 76 valence electrons. The number of allylic oxidation sites excluding steroid dienone is 1. The molecule has 0 spiro atoms. The zero-order valence-corrected chi connectivity index (χ0v) is 8.85. The monoisotopic (exact) mass is 214 g/mol. The molecule has 3 heteroatoms. The molecule has 0 saturated carbocycles. The summed E-state index contributed by atoms with van der Waals surface area (Å²) in [4.78, 5) is 0. The van der Waals surface area contributed by atoms with Crippen LogP contribution in [0.5, 0.6) is 0 Å². The van der Waals surface area contributed by atoms with Crippen LogP contribution in [-0.2, 0) is 0 Å². The molecular weight excluding hydrogens is 203 g/mol. The van der Waals surface area contributed by atoms with Crippen molar-refractivity contribution in [2.75, 3.05) is 0 Å². The Morgan fingerprint density at radius 1 is 1.50 bits per heavy atom. The molecule has 0 aliphatic heterocycles. The van der Waals surface area contributed by atoms with Crippen LogP contribution in [0.15, 0.2) is 29.8 Å². The molecule has 0 aliphatic rings. The first-order valence-electron chi connectivity index (χ1n) is 4.29. The second-order valence-corrected chi connectivity index (χ2v) is 3.74. The summed E-state index contributed by atoms with van der Waals surface area (Å²) in [7, 11) is 0. The van der Waals surface area contributed by atoms with Crippen LogP contribution in [0.1, 0.15) is 25.5 Å². The second-order valence-electron chi connectivity index (χ2n) is 3.33. The number of hydrogen-bond acceptors (Lipinski definition) is 1. The first-order valence-corrected chi connectivity index (χ1v) is 4.67. The van der Waals surface area contributed by atoms with E-state index in [0.29, 0.717) is 0 Å². The summed E-state index contributed by atoms with van der Waals surface area (Å²) in [5, 5.41) is 9.65. The van der Waals surface area contributed by atoms with Gasteiger partial charge in [-0.3, -0.25) is 0 Å². The minimum Gasteiger partial charge on any atom is -0.384 e. The summed E-state index contributed by atoms with van der Waals surface area (Å²) >= 11 is 5.59. The van der Waals surface area contributed by atoms with Gasteiger partial charge in [0.05, 0.1) is 5.02 Å². The van der Waals surface area contributed by atoms with E-state index >= 15 is 0 Å². The number of benzene rings is 1. The molecule has 1 nitrogen and oxygen atoms in total. The Morgan fingerprint density at radius 2 is 2.14 bits per heavy atom. The van der Waals surface area contributed by atoms with Gasteiger partial charge in [0.1, 0.15) is 11.9 Å². The molecule has 0 aliphatic carbocycles. The molecule has 0 bridgehead atoms. The molecule has 0 saturated heterocycles. The van der Waals surface area contributed by atoms with Gasteiger partial charge in [-0.05, 0) is 19.9 Å². The lowest BCUT2D eigenvalue weighted by molar-refractivity contribution is 0.222. The molecule has 1 N–H and O–H groups in total. The van der Waals surface area contributed by atoms with Gasteiger partial charge in [-0.2, -0.15) is 0 Å². The fourth-order valence-corrected chi connectivity index (χ4v) is 1.34. The average molecular weight is 215 g/mol. The molecule has 1 rings (SSSR count). The number of rotatable bonds is 2. The molecule has 0 heterocycles. The van der Waals surface area contributed by atoms with Crippen molar-refractivity contribution in [1.29, 1.82) is 0 Å². The van der Waals surface area contributed by atoms with Gasteiger partial charge < -0.3 is 5.11 Å². The van der Waals surface area contributed by atoms with Crippen molar-refractivity contribution in [2.45, 2.75) is 20.0 Å². The van der Waals surface area contributed by atoms with Crippen LogP contribution in [0.2, 0.25) is 5.02 Å². The summed E-state index contributed by atoms with van der Waals surface area (Å²) in [6.07, 6.45) is 0.646. The van der Waals surface area contributed by atoms with Crippen LogP contribution in [0.25, 0.3) is 0 Å². The van der Waals surface area contributed by atoms with Crippen molar-refractivity contribution in [3.63, 3.8) is 0 Å². The van der Waals surface area contributed by atoms with E-state index in [0.717, 1.165) is 5.57 Å². The number of aliphatic hydroxyl groups is 1. The van der Waals surface area contributed by atoms with Crippen LogP contribution < -0.4 is 0 Å². The van der Waals surface area contributed by atoms with Gasteiger partial charge in [0, 0.05) is 5.56 Å². The first kappa shape index (κ1) is 11.2. The fourth-order valence-electron chi connectivity index (χ4n) is 1.15. The third kappa shape index (κ3) is 2.56. The van der Waals surface area contributed by atoms with Crippen molar-refractivity contribution >= 4 is 11.6 Å². The summed E-state index contributed by atoms with van der Waals surface area (Å²) in [6.45, 7) is 3.68. The fraction of sp³-hybridized carbons (Fsp3) is 0.273. The predicted molar refractivity (Wildman–Crippen MR) is 55.8 cm³/mol. The SMILES string of the molecule is CC(C)=CC(O)c1cccc(Cl)c1F. The summed E-state index contributed by atoms with van der Waals surface area (Å²) in [5.41, 5.74) is 1.13. The lowest BCUT2D eigenvalue weighted by Gasteiger charge is -2.08. The standard InChI is InChI=1S/C11H12ClFO/c1-7(2)6-10(14)8-4-3-5-9(12)11(8)13/h3-6,10,14H,1-2H3. The van der Waals surface area contributed by atoms with Gasteiger partial charge in [-0.1, -0.05) is 35.4 Å². The van der Waals surface area contributed by atoms with E-state index in [4.69, 9.17) is 11.6 Å². The quantitative estimate of drug-likeness (QED) is 0.748. The van der Waals surface area contributed by atoms with Crippen molar-refractivity contribution in [1.82, 2.24) is 0 Å². The second kappa shape index (κ2) is 4.58. The van der Waals surface area contributed by atoms with Gasteiger partial charge in [-0.15, -0.1) is 0 Å². The van der Waals surface area contributed by atoms with E-state index in [9.17, 15) is 9.50 Å². The molecule has 1 aromatic rings. The maximum Gasteiger partial charge on any atom is 0.147 e. The molecule has 0 aromatic heterocycles. The molecule has 0 radical (unpaired) electrons. The average Bonchev–Trinajstić information content (AvgIpc) is 2.08. The molecule has 1 unspecified atom stereocenters. The van der Waals surface area contributed by atoms with Gasteiger partial charge in [0.25, 0.3) is 0 Å². The first-order chi connectivity index (χ1) is 6.52. The van der Waals surface area contributed by atoms with Crippen molar-refractivity contribution in [3.05, 3.63) is 46.3 Å². The van der Waals surface area contributed by atoms with E-state index < -0.39 is 11.9 Å². The Kier molecular flexibility index (Phi) is 3.67. The Bertz CT molecular complexity index is 356. The van der Waals surface area contributed by atoms with Gasteiger partial charge >= 0.3 is 0 Å². The topological polar surface area (TPSA) is 20.2 Å². The maximum atomic E-state index is 13.4. The smallest absolute Gasteiger partial charge is 0.147 e. The number of aliphatic hydroxyl groups excluding tert-OH is 1. The van der Waals surface area contributed by atoms with Crippen LogP contribution >= 0.6 is 11.6 Å². The summed E-state index contributed by atoms with van der Waals surface area (Å²) in [6, 6.07) is 4.59. The summed E-state index contributed by atoms with van der Waals surface area (Å²) in [5.74, 6) is -0.556. The molecule has 1 atom stereocenters. The van der Waals surface area contributed by atoms with Crippen molar-refractivity contribution in [3.8, 4) is 0 Å². The van der Waals surface area contributed by atoms with Crippen molar-refractivity contribution < 1.29 is 9.50 Å². The highest BCUT2D eigenvalue weighted by molar-refractivity contribution is 6.30. The van der Waals surface area contributed by atoms with Gasteiger partial charge in [0.15, 0.2) is 0 Å². The minimum atomic E-state index is -0.932. The normalized spacial score (nSPS) is 12.4. The lowest BCUT2D eigenvalue weighted by Crippen LogP contribution is -1.98. The summed E-state index contributed by atoms with van der Waals surface area (Å²) < 4.78 is 13.4. The Morgan fingerprint density at radius 3 is 2.71 bits per heavy atom. The number of hydrogen-bond donors (Lipinski definition) is 1. The zero-order chi connectivity index (χ0) is 10.7. The largest absolute Gasteiger partial charge is 0.384 e. The molecule has 1 aromatic carbocycles. The molecule has 0 fully saturated rings. The maximum absolute atomic E-state index is 13.4. The highest BCUT2D eigenvalue weighted by Gasteiger charge is 2.12. The Hall–Kier alpha value is -0.860. The molecule has 0 amide bonds. The van der Waals surface area contributed by atoms with Gasteiger partial charge in [-0.25, -0.2) is 4.39 Å². The third-order valence-corrected chi connectivity index (χ3v) is 2.08. The van der Waals surface area contributed by atoms with Crippen LogP contribution in [-0.4, -0.2) is 5.11 Å². The number of halogens is 2. The Balaban J connectivity index is 3.07. The van der Waals surface area contributed by atoms with Crippen LogP contribution in [0.3, 0.4) is 0 Å². The molecule has 14 heavy (non-hydrogen) atoms. The Labute approximate surface area is 87.8 Å². The highest BCUT2D eigenvalue weighted by atomic mass is 35.5. The highest BCUT2D eigenvalue weighted by Crippen LogP contribution is 2.24. The lowest BCUT2D eigenvalue weighted by atomic mass is 10.1. The van der Waals surface area contributed by atoms with Crippen LogP contribution in [0.4, 0.5) is 4.39 Å². The van der Waals surface area contributed by atoms with E-state index in [2.05, 4.69) is 0 Å². The zero-order valence-electron chi connectivity index (χ0n) is 8.09. The van der Waals surface area contributed by atoms with Gasteiger partial charge in [0.2, 0.25) is 0 Å². The predicted octanol–water partition coefficient (Wildman–Crippen LogP) is 3.48. The third-order valence-electron chi connectivity index (χ3n) is 1.79. The van der Waals surface area contributed by atoms with Crippen molar-refractivity contribution in [2.24, 2.45) is 0 Å². The van der Waals surface area contributed by atoms with E-state index in [1.807, 2.05) is 13.8 Å². The van der Waals surface area contributed by atoms with E-state index in [-0.39, 0.29) is 10.6 Å². The van der Waals surface area contributed by atoms with Crippen LogP contribution in [0, 0.1) is 5.82 Å². The van der Waals surface area contributed by atoms with E-state index in [1.54, 1.807) is 12.1 Å².